The maximum atomic E-state index is 11.7. The van der Waals surface area contributed by atoms with Gasteiger partial charge in [0, 0.05) is 0 Å². The molecule has 0 aromatic carbocycles. The van der Waals surface area contributed by atoms with E-state index in [1.54, 1.807) is 5.82 Å². The Kier molecular flexibility index (Phi) is 7.49. The van der Waals surface area contributed by atoms with Crippen molar-refractivity contribution in [3.8, 4) is 0 Å². The minimum atomic E-state index is -2.12. The van der Waals surface area contributed by atoms with E-state index in [9.17, 15) is 19.8 Å². The molecule has 0 radical (unpaired) electrons. The largest absolute Gasteiger partial charge is 0.338 e. The molecule has 1 saturated heterocycles. The van der Waals surface area contributed by atoms with E-state index < -0.39 is 64.3 Å². The van der Waals surface area contributed by atoms with Crippen molar-refractivity contribution in [2.45, 2.75) is 28.8 Å². The number of aromatic amines is 1. The van der Waals surface area contributed by atoms with Crippen molar-refractivity contribution in [1.29, 1.82) is 0 Å². The van der Waals surface area contributed by atoms with Crippen LogP contribution in [-0.2, 0) is 4.74 Å². The van der Waals surface area contributed by atoms with E-state index in [2.05, 4.69) is 5.50 Å². The zero-order valence-corrected chi connectivity index (χ0v) is 14.5. The number of rotatable bonds is 3. The third kappa shape index (κ3) is 4.68. The SMILES string of the molecule is C[Se][C@@]1(O)[C@H](O)[C@@H](CO)O[C@H]1n1ccc(=O)[nH]c1=O.NP(O)O. The van der Waals surface area contributed by atoms with E-state index in [-0.39, 0.29) is 0 Å². The molecule has 0 amide bonds. The molecule has 1 aliphatic heterocycles. The Labute approximate surface area is 137 Å². The number of aromatic nitrogens is 2. The van der Waals surface area contributed by atoms with Gasteiger partial charge in [-0.15, -0.1) is 0 Å². The summed E-state index contributed by atoms with van der Waals surface area (Å²) in [5, 5.41) is 29.6. The maximum Gasteiger partial charge on any atom is 0.247 e. The summed E-state index contributed by atoms with van der Waals surface area (Å²) < 4.78 is 4.70. The number of nitrogens with zero attached hydrogens (tertiary/aromatic N) is 1. The fraction of sp³-hybridized carbons (Fsp3) is 0.600. The zero-order chi connectivity index (χ0) is 17.8. The van der Waals surface area contributed by atoms with Crippen LogP contribution in [0.15, 0.2) is 21.9 Å². The number of ether oxygens (including phenoxy) is 1. The number of aliphatic hydroxyl groups is 3. The molecule has 23 heavy (non-hydrogen) atoms. The van der Waals surface area contributed by atoms with Gasteiger partial charge in [0.1, 0.15) is 0 Å². The zero-order valence-electron chi connectivity index (χ0n) is 11.9. The molecule has 1 aromatic heterocycles. The quantitative estimate of drug-likeness (QED) is 0.192. The van der Waals surface area contributed by atoms with Crippen molar-refractivity contribution in [2.75, 3.05) is 6.61 Å². The van der Waals surface area contributed by atoms with E-state index in [0.717, 1.165) is 10.6 Å². The maximum absolute atomic E-state index is 11.7. The van der Waals surface area contributed by atoms with Crippen LogP contribution in [0.5, 0.6) is 0 Å². The molecule has 1 aliphatic rings. The summed E-state index contributed by atoms with van der Waals surface area (Å²) in [4.78, 5) is 39.7. The molecule has 0 aliphatic carbocycles. The predicted octanol–water partition coefficient (Wildman–Crippen LogP) is -3.62. The summed E-state index contributed by atoms with van der Waals surface area (Å²) in [7, 11) is -2.12. The van der Waals surface area contributed by atoms with E-state index in [1.807, 2.05) is 4.98 Å². The molecule has 11 nitrogen and oxygen atoms in total. The van der Waals surface area contributed by atoms with Crippen LogP contribution in [0.3, 0.4) is 0 Å². The smallest absolute Gasteiger partial charge is 0.247 e. The van der Waals surface area contributed by atoms with Gasteiger partial charge >= 0.3 is 113 Å². The Morgan fingerprint density at radius 3 is 2.52 bits per heavy atom. The average molecular weight is 418 g/mol. The molecule has 0 spiro atoms. The molecule has 8 N–H and O–H groups in total. The van der Waals surface area contributed by atoms with Crippen LogP contribution in [-0.4, -0.2) is 72.9 Å². The normalized spacial score (nSPS) is 30.2. The van der Waals surface area contributed by atoms with Crippen LogP contribution in [0.2, 0.25) is 5.82 Å². The van der Waals surface area contributed by atoms with Crippen LogP contribution in [0.4, 0.5) is 0 Å². The molecule has 13 heteroatoms. The fourth-order valence-electron chi connectivity index (χ4n) is 1.99. The van der Waals surface area contributed by atoms with Crippen molar-refractivity contribution in [3.63, 3.8) is 0 Å². The first-order chi connectivity index (χ1) is 10.7. The van der Waals surface area contributed by atoms with Gasteiger partial charge in [-0.05, 0) is 0 Å². The minimum absolute atomic E-state index is 0.476. The van der Waals surface area contributed by atoms with Crippen LogP contribution < -0.4 is 16.8 Å². The Hall–Kier alpha value is -0.651. The Morgan fingerprint density at radius 1 is 1.52 bits per heavy atom. The van der Waals surface area contributed by atoms with Crippen molar-refractivity contribution >= 4 is 23.5 Å². The second-order valence-electron chi connectivity index (χ2n) is 4.45. The van der Waals surface area contributed by atoms with Gasteiger partial charge in [-0.1, -0.05) is 0 Å². The van der Waals surface area contributed by atoms with E-state index >= 15 is 0 Å². The van der Waals surface area contributed by atoms with Gasteiger partial charge in [0.25, 0.3) is 0 Å². The molecule has 1 fully saturated rings. The first kappa shape index (κ1) is 20.4. The second-order valence-corrected chi connectivity index (χ2v) is 7.32. The van der Waals surface area contributed by atoms with Crippen LogP contribution in [0.1, 0.15) is 6.23 Å². The number of H-pyrrole nitrogens is 1. The number of aliphatic hydroxyl groups excluding tert-OH is 2. The number of hydrogen-bond donors (Lipinski definition) is 7. The molecular weight excluding hydrogens is 400 g/mol. The monoisotopic (exact) mass is 419 g/mol. The number of hydrogen-bond acceptors (Lipinski definition) is 9. The van der Waals surface area contributed by atoms with Crippen LogP contribution in [0, 0.1) is 0 Å². The topological polar surface area (TPSA) is 191 Å². The molecular formula is C10H18N3O8PSe. The predicted molar refractivity (Wildman–Crippen MR) is 80.4 cm³/mol. The van der Waals surface area contributed by atoms with Gasteiger partial charge in [-0.25, -0.2) is 0 Å². The molecule has 0 bridgehead atoms. The van der Waals surface area contributed by atoms with Crippen molar-refractivity contribution in [3.05, 3.63) is 33.1 Å². The molecule has 4 atom stereocenters. The van der Waals surface area contributed by atoms with Gasteiger partial charge < -0.3 is 9.79 Å². The van der Waals surface area contributed by atoms with Gasteiger partial charge in [0.05, 0.1) is 0 Å². The number of nitrogens with two attached hydrogens (primary N) is 1. The molecule has 132 valence electrons. The molecule has 2 heterocycles. The van der Waals surface area contributed by atoms with Gasteiger partial charge in [0.15, 0.2) is 0 Å². The van der Waals surface area contributed by atoms with Crippen LogP contribution >= 0.6 is 8.53 Å². The van der Waals surface area contributed by atoms with Crippen molar-refractivity contribution in [2.24, 2.45) is 5.50 Å². The van der Waals surface area contributed by atoms with Gasteiger partial charge in [-0.3, -0.25) is 5.50 Å². The first-order valence-electron chi connectivity index (χ1n) is 6.13. The van der Waals surface area contributed by atoms with Crippen molar-refractivity contribution in [1.82, 2.24) is 9.55 Å². The summed E-state index contributed by atoms with van der Waals surface area (Å²) in [6, 6.07) is 1.12. The van der Waals surface area contributed by atoms with Crippen LogP contribution in [0.25, 0.3) is 0 Å². The average Bonchev–Trinajstić information content (AvgIpc) is 2.72. The van der Waals surface area contributed by atoms with E-state index in [1.165, 1.54) is 6.20 Å². The van der Waals surface area contributed by atoms with E-state index in [0.29, 0.717) is 0 Å². The molecule has 0 unspecified atom stereocenters. The van der Waals surface area contributed by atoms with Gasteiger partial charge in [-0.2, -0.15) is 0 Å². The van der Waals surface area contributed by atoms with Gasteiger partial charge in [0.2, 0.25) is 8.53 Å². The van der Waals surface area contributed by atoms with Crippen molar-refractivity contribution < 1.29 is 29.8 Å². The third-order valence-corrected chi connectivity index (χ3v) is 5.35. The third-order valence-electron chi connectivity index (χ3n) is 3.04. The first-order valence-corrected chi connectivity index (χ1v) is 10.0. The molecule has 2 rings (SSSR count). The number of nitrogens with one attached hydrogen (secondary N) is 1. The summed E-state index contributed by atoms with van der Waals surface area (Å²) in [6.07, 6.45) is -2.23. The second kappa shape index (κ2) is 8.45. The molecule has 1 aromatic rings. The summed E-state index contributed by atoms with van der Waals surface area (Å²) >= 11 is -0.476. The Bertz CT molecular complexity index is 622. The van der Waals surface area contributed by atoms with E-state index in [4.69, 9.17) is 19.6 Å². The molecule has 0 saturated carbocycles. The Balaban J connectivity index is 0.000000593. The minimum Gasteiger partial charge on any atom is -0.338 e. The Morgan fingerprint density at radius 2 is 2.09 bits per heavy atom. The summed E-state index contributed by atoms with van der Waals surface area (Å²) in [6.45, 7) is -0.478. The fourth-order valence-corrected chi connectivity index (χ4v) is 3.59. The summed E-state index contributed by atoms with van der Waals surface area (Å²) in [5.41, 5.74) is 2.98. The standard InChI is InChI=1S/C10H14N2O6Se.H4NO2P/c1-19-10(17)7(15)5(4-13)18-8(10)12-3-2-6(14)11-9(12)16;1-4(2)3/h2-3,5,7-8,13,15,17H,4H2,1H3,(H,11,14,16);2-3H,1H2/t5-,7-,8-,10+;/m1./s1. The summed E-state index contributed by atoms with van der Waals surface area (Å²) in [5.74, 6) is 1.68.